The summed E-state index contributed by atoms with van der Waals surface area (Å²) in [5.74, 6) is 0.265. The molecular weight excluding hydrogens is 558 g/mol. The smallest absolute Gasteiger partial charge is 0.343 e. The van der Waals surface area contributed by atoms with E-state index >= 15 is 0 Å². The summed E-state index contributed by atoms with van der Waals surface area (Å²) in [6.45, 7) is 0.0645. The Morgan fingerprint density at radius 1 is 1.09 bits per heavy atom. The molecule has 0 radical (unpaired) electrons. The number of benzene rings is 3. The Bertz CT molecular complexity index is 1390. The minimum Gasteiger partial charge on any atom is -0.454 e. The fourth-order valence-corrected chi connectivity index (χ4v) is 4.91. The molecule has 0 spiro atoms. The van der Waals surface area contributed by atoms with Crippen LogP contribution in [0.5, 0.6) is 17.2 Å². The van der Waals surface area contributed by atoms with Gasteiger partial charge < -0.3 is 14.2 Å². The quantitative estimate of drug-likeness (QED) is 0.202. The number of fused-ring (bicyclic) bond motifs is 1. The molecule has 7 nitrogen and oxygen atoms in total. The molecule has 2 heterocycles. The van der Waals surface area contributed by atoms with Gasteiger partial charge in [-0.05, 0) is 59.8 Å². The van der Waals surface area contributed by atoms with Gasteiger partial charge >= 0.3 is 5.97 Å². The number of esters is 1. The maximum atomic E-state index is 13.1. The second kappa shape index (κ2) is 9.77. The predicted octanol–water partition coefficient (Wildman–Crippen LogP) is 6.29. The molecule has 3 aromatic rings. The molecule has 3 aromatic carbocycles. The van der Waals surface area contributed by atoms with Crippen LogP contribution < -0.4 is 14.2 Å². The van der Waals surface area contributed by atoms with Gasteiger partial charge in [0.2, 0.25) is 6.79 Å². The van der Waals surface area contributed by atoms with Gasteiger partial charge in [0.25, 0.3) is 11.1 Å². The molecule has 0 saturated carbocycles. The number of nitrogens with zero attached hydrogens (tertiary/aromatic N) is 1. The Kier molecular flexibility index (Phi) is 6.55. The summed E-state index contributed by atoms with van der Waals surface area (Å²) < 4.78 is 17.0. The van der Waals surface area contributed by atoms with Crippen LogP contribution in [-0.2, 0) is 11.3 Å². The van der Waals surface area contributed by atoms with Gasteiger partial charge in [-0.2, -0.15) is 0 Å². The highest BCUT2D eigenvalue weighted by atomic mass is 79.9. The minimum absolute atomic E-state index is 0.0220. The summed E-state index contributed by atoms with van der Waals surface area (Å²) in [5, 5.41) is -0.0767. The summed E-state index contributed by atoms with van der Waals surface area (Å²) in [4.78, 5) is 39.6. The van der Waals surface area contributed by atoms with Gasteiger partial charge in [0.05, 0.1) is 17.0 Å². The van der Waals surface area contributed by atoms with E-state index in [1.807, 2.05) is 0 Å². The van der Waals surface area contributed by atoms with Gasteiger partial charge in [0.15, 0.2) is 11.5 Å². The van der Waals surface area contributed by atoms with Crippen LogP contribution in [0.3, 0.4) is 0 Å². The Morgan fingerprint density at radius 3 is 2.60 bits per heavy atom. The van der Waals surface area contributed by atoms with Crippen LogP contribution in [0.4, 0.5) is 4.79 Å². The number of amides is 2. The summed E-state index contributed by atoms with van der Waals surface area (Å²) in [6.07, 6.45) is 1.53. The van der Waals surface area contributed by atoms with E-state index in [1.165, 1.54) is 6.08 Å². The van der Waals surface area contributed by atoms with Crippen molar-refractivity contribution in [2.24, 2.45) is 0 Å². The normalized spacial score (nSPS) is 15.7. The molecule has 1 saturated heterocycles. The monoisotopic (exact) mass is 571 g/mol. The maximum Gasteiger partial charge on any atom is 0.343 e. The number of hydrogen-bond donors (Lipinski definition) is 0. The molecule has 2 amide bonds. The summed E-state index contributed by atoms with van der Waals surface area (Å²) in [7, 11) is 0. The van der Waals surface area contributed by atoms with E-state index in [1.54, 1.807) is 60.7 Å². The van der Waals surface area contributed by atoms with Crippen LogP contribution in [0.2, 0.25) is 5.02 Å². The first kappa shape index (κ1) is 23.5. The topological polar surface area (TPSA) is 82.1 Å². The first-order chi connectivity index (χ1) is 16.9. The zero-order valence-electron chi connectivity index (χ0n) is 17.8. The van der Waals surface area contributed by atoms with Crippen molar-refractivity contribution in [2.45, 2.75) is 6.54 Å². The molecule has 0 bridgehead atoms. The fourth-order valence-electron chi connectivity index (χ4n) is 3.49. The third kappa shape index (κ3) is 4.93. The predicted molar refractivity (Wildman–Crippen MR) is 135 cm³/mol. The third-order valence-corrected chi connectivity index (χ3v) is 6.97. The Hall–Kier alpha value is -3.27. The maximum absolute atomic E-state index is 13.1. The number of hydrogen-bond acceptors (Lipinski definition) is 7. The van der Waals surface area contributed by atoms with Crippen molar-refractivity contribution in [2.75, 3.05) is 6.79 Å². The molecule has 2 aliphatic rings. The van der Waals surface area contributed by atoms with Crippen LogP contribution in [-0.4, -0.2) is 28.8 Å². The lowest BCUT2D eigenvalue weighted by atomic mass is 10.1. The summed E-state index contributed by atoms with van der Waals surface area (Å²) in [5.41, 5.74) is 1.41. The van der Waals surface area contributed by atoms with Crippen LogP contribution in [0.1, 0.15) is 21.5 Å². The molecule has 0 N–H and O–H groups in total. The Balaban J connectivity index is 1.40. The van der Waals surface area contributed by atoms with E-state index in [9.17, 15) is 14.4 Å². The second-order valence-electron chi connectivity index (χ2n) is 7.50. The zero-order valence-corrected chi connectivity index (χ0v) is 21.0. The third-order valence-electron chi connectivity index (χ3n) is 5.21. The average Bonchev–Trinajstić information content (AvgIpc) is 3.40. The number of rotatable bonds is 5. The largest absolute Gasteiger partial charge is 0.454 e. The second-order valence-corrected chi connectivity index (χ2v) is 9.82. The molecule has 0 atom stereocenters. The van der Waals surface area contributed by atoms with Gasteiger partial charge in [-0.25, -0.2) is 4.79 Å². The van der Waals surface area contributed by atoms with Crippen molar-refractivity contribution in [1.82, 2.24) is 4.90 Å². The van der Waals surface area contributed by atoms with Crippen molar-refractivity contribution < 1.29 is 28.6 Å². The molecule has 10 heteroatoms. The molecule has 176 valence electrons. The highest BCUT2D eigenvalue weighted by molar-refractivity contribution is 9.10. The van der Waals surface area contributed by atoms with E-state index in [2.05, 4.69) is 15.9 Å². The standard InChI is InChI=1S/C25H15BrClNO6S/c26-17-6-7-19(34-24(30)14-4-2-1-3-5-14)15(8-17)10-22-23(29)28(25(31)35-22)12-16-9-20-21(11-18(16)27)33-13-32-20/h1-11H,12-13H2/b22-10-. The van der Waals surface area contributed by atoms with Crippen molar-refractivity contribution in [3.05, 3.63) is 91.8 Å². The van der Waals surface area contributed by atoms with Gasteiger partial charge in [-0.1, -0.05) is 45.7 Å². The van der Waals surface area contributed by atoms with Crippen LogP contribution in [0.15, 0.2) is 70.0 Å². The molecule has 2 aliphatic heterocycles. The van der Waals surface area contributed by atoms with Crippen molar-refractivity contribution >= 4 is 62.5 Å². The highest BCUT2D eigenvalue weighted by Gasteiger charge is 2.36. The minimum atomic E-state index is -0.534. The summed E-state index contributed by atoms with van der Waals surface area (Å²) >= 11 is 10.5. The summed E-state index contributed by atoms with van der Waals surface area (Å²) in [6, 6.07) is 16.9. The zero-order chi connectivity index (χ0) is 24.5. The van der Waals surface area contributed by atoms with Gasteiger partial charge in [0, 0.05) is 21.1 Å². The lowest BCUT2D eigenvalue weighted by Crippen LogP contribution is -2.27. The average molecular weight is 573 g/mol. The van der Waals surface area contributed by atoms with Crippen LogP contribution in [0, 0.1) is 0 Å². The molecule has 5 rings (SSSR count). The van der Waals surface area contributed by atoms with Crippen molar-refractivity contribution in [3.8, 4) is 17.2 Å². The highest BCUT2D eigenvalue weighted by Crippen LogP contribution is 2.40. The molecule has 0 unspecified atom stereocenters. The number of imide groups is 1. The molecular formula is C25H15BrClNO6S. The van der Waals surface area contributed by atoms with Gasteiger partial charge in [0.1, 0.15) is 5.75 Å². The van der Waals surface area contributed by atoms with E-state index in [0.29, 0.717) is 33.2 Å². The lowest BCUT2D eigenvalue weighted by molar-refractivity contribution is -0.123. The first-order valence-corrected chi connectivity index (χ1v) is 12.3. The number of halogens is 2. The first-order valence-electron chi connectivity index (χ1n) is 10.3. The van der Waals surface area contributed by atoms with Crippen LogP contribution in [0.25, 0.3) is 6.08 Å². The van der Waals surface area contributed by atoms with Gasteiger partial charge in [-0.3, -0.25) is 14.5 Å². The number of carbonyl (C=O) groups excluding carboxylic acids is 3. The van der Waals surface area contributed by atoms with E-state index in [4.69, 9.17) is 25.8 Å². The Labute approximate surface area is 217 Å². The molecule has 0 aromatic heterocycles. The van der Waals surface area contributed by atoms with Crippen LogP contribution >= 0.6 is 39.3 Å². The lowest BCUT2D eigenvalue weighted by Gasteiger charge is -2.14. The van der Waals surface area contributed by atoms with E-state index in [-0.39, 0.29) is 24.0 Å². The van der Waals surface area contributed by atoms with E-state index in [0.717, 1.165) is 21.1 Å². The SMILES string of the molecule is O=C(Oc1ccc(Br)cc1/C=C1\SC(=O)N(Cc2cc3c(cc2Cl)OCO3)C1=O)c1ccccc1. The number of thioether (sulfide) groups is 1. The fraction of sp³-hybridized carbons (Fsp3) is 0.0800. The van der Waals surface area contributed by atoms with E-state index < -0.39 is 17.1 Å². The molecule has 35 heavy (non-hydrogen) atoms. The molecule has 1 fully saturated rings. The number of carbonyl (C=O) groups is 3. The van der Waals surface area contributed by atoms with Crippen molar-refractivity contribution in [1.29, 1.82) is 0 Å². The van der Waals surface area contributed by atoms with Crippen molar-refractivity contribution in [3.63, 3.8) is 0 Å². The Morgan fingerprint density at radius 2 is 1.83 bits per heavy atom. The van der Waals surface area contributed by atoms with Gasteiger partial charge in [-0.15, -0.1) is 0 Å². The number of ether oxygens (including phenoxy) is 3. The molecule has 0 aliphatic carbocycles.